The Hall–Kier alpha value is 0.850. The first-order valence-corrected chi connectivity index (χ1v) is 4.28. The van der Waals surface area contributed by atoms with Crippen LogP contribution < -0.4 is 0 Å². The predicted octanol–water partition coefficient (Wildman–Crippen LogP) is -1.33. The third-order valence-corrected chi connectivity index (χ3v) is 1.40. The normalized spacial score (nSPS) is 9.50. The van der Waals surface area contributed by atoms with Gasteiger partial charge in [-0.3, -0.25) is 0 Å². The molecular formula is C5H13N2NaO4S2. The van der Waals surface area contributed by atoms with Gasteiger partial charge in [-0.2, -0.15) is 3.71 Å². The van der Waals surface area contributed by atoms with Gasteiger partial charge < -0.3 is 15.1 Å². The summed E-state index contributed by atoms with van der Waals surface area (Å²) in [5.74, 6) is 0. The molecule has 0 rings (SSSR count). The van der Waals surface area contributed by atoms with Crippen molar-refractivity contribution < 1.29 is 19.8 Å². The van der Waals surface area contributed by atoms with Gasteiger partial charge >= 0.3 is 35.7 Å². The van der Waals surface area contributed by atoms with Gasteiger partial charge in [0, 0.05) is 0 Å². The number of amides is 1. The number of rotatable bonds is 5. The van der Waals surface area contributed by atoms with Crippen molar-refractivity contribution in [1.29, 1.82) is 0 Å². The number of nitrogens with zero attached hydrogens (tertiary/aromatic N) is 2. The first-order chi connectivity index (χ1) is 6.11. The summed E-state index contributed by atoms with van der Waals surface area (Å²) in [4.78, 5) is 15.5. The average Bonchev–Trinajstić information content (AvgIpc) is 2.05. The molecule has 1 amide bonds. The molecule has 0 aromatic carbocycles. The second kappa shape index (κ2) is 10.4. The first kappa shape index (κ1) is 17.3. The van der Waals surface area contributed by atoms with Gasteiger partial charge in [-0.1, -0.05) is 0 Å². The molecule has 0 aromatic heterocycles. The quantitative estimate of drug-likeness (QED) is 0.277. The van der Waals surface area contributed by atoms with Crippen molar-refractivity contribution in [3.8, 4) is 0 Å². The molecule has 14 heavy (non-hydrogen) atoms. The molecule has 0 fully saturated rings. The van der Waals surface area contributed by atoms with Crippen LogP contribution in [-0.2, 0) is 4.84 Å². The Morgan fingerprint density at radius 2 is 1.64 bits per heavy atom. The zero-order chi connectivity index (χ0) is 10.3. The summed E-state index contributed by atoms with van der Waals surface area (Å²) >= 11 is 7.15. The molecule has 0 aliphatic heterocycles. The molecule has 0 unspecified atom stereocenters. The standard InChI is InChI=1S/C5H12N2O4S2.Na.H/c8-3-1-6(2-4-9)11-5(10)7(12)13;;/h8-9,12-13H,1-4H2;;. The molecule has 9 heteroatoms. The van der Waals surface area contributed by atoms with Crippen LogP contribution in [0.25, 0.3) is 0 Å². The Morgan fingerprint density at radius 1 is 1.21 bits per heavy atom. The predicted molar refractivity (Wildman–Crippen MR) is 59.2 cm³/mol. The summed E-state index contributed by atoms with van der Waals surface area (Å²) in [6.07, 6.45) is -0.798. The SMILES string of the molecule is O=C(ON(CCO)CCO)N(S)S.[NaH]. The van der Waals surface area contributed by atoms with Crippen molar-refractivity contribution in [2.24, 2.45) is 0 Å². The van der Waals surface area contributed by atoms with E-state index < -0.39 is 6.09 Å². The van der Waals surface area contributed by atoms with E-state index in [1.807, 2.05) is 0 Å². The van der Waals surface area contributed by atoms with Crippen LogP contribution in [-0.4, -0.2) is 80.9 Å². The summed E-state index contributed by atoms with van der Waals surface area (Å²) in [7, 11) is 0. The number of thiol groups is 2. The second-order valence-corrected chi connectivity index (χ2v) is 3.14. The molecule has 0 aliphatic rings. The van der Waals surface area contributed by atoms with Crippen molar-refractivity contribution in [2.45, 2.75) is 0 Å². The van der Waals surface area contributed by atoms with Crippen LogP contribution in [0.15, 0.2) is 0 Å². The minimum atomic E-state index is -0.798. The molecular weight excluding hydrogens is 239 g/mol. The maximum atomic E-state index is 10.8. The molecule has 0 saturated carbocycles. The van der Waals surface area contributed by atoms with Gasteiger partial charge in [0.05, 0.1) is 26.3 Å². The van der Waals surface area contributed by atoms with Gasteiger partial charge in [0.25, 0.3) is 0 Å². The van der Waals surface area contributed by atoms with Crippen LogP contribution in [0, 0.1) is 0 Å². The molecule has 0 radical (unpaired) electrons. The van der Waals surface area contributed by atoms with Crippen molar-refractivity contribution in [3.63, 3.8) is 0 Å². The topological polar surface area (TPSA) is 73.2 Å². The van der Waals surface area contributed by atoms with E-state index in [4.69, 9.17) is 10.2 Å². The van der Waals surface area contributed by atoms with E-state index in [9.17, 15) is 4.79 Å². The molecule has 0 aromatic rings. The van der Waals surface area contributed by atoms with Crippen molar-refractivity contribution in [3.05, 3.63) is 0 Å². The fourth-order valence-electron chi connectivity index (χ4n) is 0.573. The number of hydrogen-bond donors (Lipinski definition) is 4. The van der Waals surface area contributed by atoms with Gasteiger partial charge in [-0.05, 0) is 25.6 Å². The van der Waals surface area contributed by atoms with E-state index in [-0.39, 0.29) is 55.9 Å². The zero-order valence-corrected chi connectivity index (χ0v) is 8.62. The van der Waals surface area contributed by atoms with Gasteiger partial charge in [0.15, 0.2) is 0 Å². The first-order valence-electron chi connectivity index (χ1n) is 3.48. The summed E-state index contributed by atoms with van der Waals surface area (Å²) in [5.41, 5.74) is 0. The molecule has 80 valence electrons. The molecule has 0 bridgehead atoms. The number of carbonyl (C=O) groups excluding carboxylic acids is 1. The Bertz CT molecular complexity index is 157. The third kappa shape index (κ3) is 8.18. The van der Waals surface area contributed by atoms with E-state index in [0.717, 1.165) is 5.06 Å². The van der Waals surface area contributed by atoms with Gasteiger partial charge in [0.2, 0.25) is 0 Å². The van der Waals surface area contributed by atoms with E-state index in [1.54, 1.807) is 0 Å². The van der Waals surface area contributed by atoms with Crippen LogP contribution in [0.3, 0.4) is 0 Å². The summed E-state index contributed by atoms with van der Waals surface area (Å²) < 4.78 is 0.655. The molecule has 0 saturated heterocycles. The molecule has 0 atom stereocenters. The molecule has 0 heterocycles. The summed E-state index contributed by atoms with van der Waals surface area (Å²) in [6.45, 7) is -0.0950. The number of carbonyl (C=O) groups is 1. The monoisotopic (exact) mass is 252 g/mol. The average molecular weight is 252 g/mol. The van der Waals surface area contributed by atoms with E-state index in [1.165, 1.54) is 0 Å². The van der Waals surface area contributed by atoms with Crippen molar-refractivity contribution in [2.75, 3.05) is 26.3 Å². The van der Waals surface area contributed by atoms with E-state index in [2.05, 4.69) is 30.5 Å². The summed E-state index contributed by atoms with van der Waals surface area (Å²) in [5, 5.41) is 18.2. The van der Waals surface area contributed by atoms with E-state index >= 15 is 0 Å². The molecule has 0 spiro atoms. The minimum absolute atomic E-state index is 0. The number of aliphatic hydroxyl groups excluding tert-OH is 2. The van der Waals surface area contributed by atoms with E-state index in [0.29, 0.717) is 3.71 Å². The van der Waals surface area contributed by atoms with Crippen molar-refractivity contribution >= 4 is 61.3 Å². The number of hydroxylamine groups is 2. The maximum absolute atomic E-state index is 10.8. The zero-order valence-electron chi connectivity index (χ0n) is 6.83. The second-order valence-electron chi connectivity index (χ2n) is 2.02. The van der Waals surface area contributed by atoms with Crippen LogP contribution >= 0.6 is 25.6 Å². The van der Waals surface area contributed by atoms with Gasteiger partial charge in [-0.15, -0.1) is 5.06 Å². The fraction of sp³-hybridized carbons (Fsp3) is 0.800. The Balaban J connectivity index is 0. The molecule has 0 aliphatic carbocycles. The number of hydrogen-bond acceptors (Lipinski definition) is 7. The third-order valence-electron chi connectivity index (χ3n) is 1.07. The van der Waals surface area contributed by atoms with Crippen LogP contribution in [0.1, 0.15) is 0 Å². The number of aliphatic hydroxyl groups is 2. The van der Waals surface area contributed by atoms with Crippen LogP contribution in [0.2, 0.25) is 0 Å². The Kier molecular flexibility index (Phi) is 12.8. The molecule has 2 N–H and O–H groups in total. The Morgan fingerprint density at radius 3 is 1.93 bits per heavy atom. The molecule has 6 nitrogen and oxygen atoms in total. The Labute approximate surface area is 116 Å². The van der Waals surface area contributed by atoms with Crippen LogP contribution in [0.4, 0.5) is 4.79 Å². The van der Waals surface area contributed by atoms with Gasteiger partial charge in [0.1, 0.15) is 0 Å². The van der Waals surface area contributed by atoms with Crippen molar-refractivity contribution in [1.82, 2.24) is 8.77 Å². The fourth-order valence-corrected chi connectivity index (χ4v) is 0.646. The summed E-state index contributed by atoms with van der Waals surface area (Å²) in [6, 6.07) is 0. The van der Waals surface area contributed by atoms with Crippen LogP contribution in [0.5, 0.6) is 0 Å². The van der Waals surface area contributed by atoms with Gasteiger partial charge in [-0.25, -0.2) is 4.79 Å².